The Morgan fingerprint density at radius 1 is 1.14 bits per heavy atom. The van der Waals surface area contributed by atoms with Crippen molar-refractivity contribution in [2.24, 2.45) is 0 Å². The van der Waals surface area contributed by atoms with E-state index in [2.05, 4.69) is 19.2 Å². The van der Waals surface area contributed by atoms with Gasteiger partial charge in [-0.25, -0.2) is 13.2 Å². The number of sulfonamides is 1. The van der Waals surface area contributed by atoms with Crippen LogP contribution in [0.1, 0.15) is 71.7 Å². The van der Waals surface area contributed by atoms with Gasteiger partial charge < -0.3 is 15.0 Å². The van der Waals surface area contributed by atoms with Gasteiger partial charge in [-0.1, -0.05) is 13.8 Å². The topological polar surface area (TPSA) is 97.2 Å². The Morgan fingerprint density at radius 2 is 1.77 bits per heavy atom. The summed E-state index contributed by atoms with van der Waals surface area (Å²) in [5.41, 5.74) is 1.70. The summed E-state index contributed by atoms with van der Waals surface area (Å²) in [4.78, 5) is 28.3. The first kappa shape index (κ1) is 27.3. The van der Waals surface area contributed by atoms with E-state index in [1.165, 1.54) is 51.9 Å². The predicted molar refractivity (Wildman–Crippen MR) is 138 cm³/mol. The van der Waals surface area contributed by atoms with Crippen LogP contribution in [0, 0.1) is 0 Å². The Balaban J connectivity index is 1.84. The van der Waals surface area contributed by atoms with E-state index < -0.39 is 21.9 Å². The zero-order valence-electron chi connectivity index (χ0n) is 21.1. The van der Waals surface area contributed by atoms with E-state index in [4.69, 9.17) is 4.74 Å². The van der Waals surface area contributed by atoms with Gasteiger partial charge in [0.25, 0.3) is 5.91 Å². The molecule has 1 aliphatic heterocycles. The summed E-state index contributed by atoms with van der Waals surface area (Å²) in [6, 6.07) is 6.41. The molecule has 8 nitrogen and oxygen atoms in total. The molecule has 1 atom stereocenters. The molecule has 0 saturated heterocycles. The molecule has 192 valence electrons. The predicted octanol–water partition coefficient (Wildman–Crippen LogP) is 2.95. The number of hydrogen-bond acceptors (Lipinski definition) is 6. The van der Waals surface area contributed by atoms with Gasteiger partial charge in [0.05, 0.1) is 35.0 Å². The molecule has 0 saturated carbocycles. The van der Waals surface area contributed by atoms with Crippen molar-refractivity contribution in [3.05, 3.63) is 45.8 Å². The number of ether oxygens (including phenoxy) is 1. The van der Waals surface area contributed by atoms with Gasteiger partial charge in [-0.05, 0) is 56.5 Å². The van der Waals surface area contributed by atoms with Crippen molar-refractivity contribution < 1.29 is 27.6 Å². The Labute approximate surface area is 212 Å². The van der Waals surface area contributed by atoms with Gasteiger partial charge in [-0.15, -0.1) is 11.3 Å². The zero-order valence-corrected chi connectivity index (χ0v) is 22.8. The maximum atomic E-state index is 13.0. The first-order valence-electron chi connectivity index (χ1n) is 12.1. The number of nitrogens with one attached hydrogen (secondary N) is 2. The van der Waals surface area contributed by atoms with Crippen LogP contribution in [0.2, 0.25) is 0 Å². The summed E-state index contributed by atoms with van der Waals surface area (Å²) in [6.45, 7) is 10.9. The van der Waals surface area contributed by atoms with Gasteiger partial charge in [-0.3, -0.25) is 4.79 Å². The lowest BCUT2D eigenvalue weighted by Crippen LogP contribution is -3.14. The Bertz CT molecular complexity index is 1150. The lowest BCUT2D eigenvalue weighted by atomic mass is 10.0. The molecule has 2 aromatic rings. The lowest BCUT2D eigenvalue weighted by molar-refractivity contribution is -0.936. The summed E-state index contributed by atoms with van der Waals surface area (Å²) in [7, 11) is -2.28. The van der Waals surface area contributed by atoms with Crippen LogP contribution in [0.3, 0.4) is 0 Å². The van der Waals surface area contributed by atoms with Crippen LogP contribution < -0.4 is 10.2 Å². The van der Waals surface area contributed by atoms with E-state index in [-0.39, 0.29) is 4.90 Å². The van der Waals surface area contributed by atoms with E-state index in [0.29, 0.717) is 35.3 Å². The fraction of sp³-hybridized carbons (Fsp3) is 0.520. The molecule has 1 aliphatic rings. The molecule has 10 heteroatoms. The molecule has 1 aromatic heterocycles. The minimum absolute atomic E-state index is 0.162. The van der Waals surface area contributed by atoms with Crippen molar-refractivity contribution in [2.75, 3.05) is 32.1 Å². The Hall–Kier alpha value is -2.27. The van der Waals surface area contributed by atoms with Gasteiger partial charge in [0, 0.05) is 25.1 Å². The van der Waals surface area contributed by atoms with Crippen molar-refractivity contribution in [2.45, 2.75) is 64.4 Å². The number of quaternary nitrogens is 1. The number of carbonyl (C=O) groups is 2. The van der Waals surface area contributed by atoms with E-state index >= 15 is 0 Å². The number of carbonyl (C=O) groups excluding carboxylic acids is 2. The highest BCUT2D eigenvalue weighted by molar-refractivity contribution is 7.89. The third kappa shape index (κ3) is 5.94. The molecule has 0 aliphatic carbocycles. The minimum atomic E-state index is -3.62. The number of methoxy groups -OCH3 is 1. The summed E-state index contributed by atoms with van der Waals surface area (Å²) in [6.07, 6.45) is 2.20. The van der Waals surface area contributed by atoms with Crippen LogP contribution in [-0.2, 0) is 27.7 Å². The SMILES string of the molecule is CCCN(CCC)S(=O)(=O)c1ccc(C(=O)Nc2sc3c(c2C(=O)OC)CC[NH+](C(C)C)C3)cc1. The van der Waals surface area contributed by atoms with Crippen LogP contribution in [0.4, 0.5) is 5.00 Å². The van der Waals surface area contributed by atoms with Gasteiger partial charge >= 0.3 is 5.97 Å². The van der Waals surface area contributed by atoms with Crippen LogP contribution in [-0.4, -0.2) is 57.4 Å². The van der Waals surface area contributed by atoms with Crippen molar-refractivity contribution in [3.63, 3.8) is 0 Å². The van der Waals surface area contributed by atoms with Crippen molar-refractivity contribution in [1.29, 1.82) is 0 Å². The van der Waals surface area contributed by atoms with Crippen LogP contribution in [0.15, 0.2) is 29.2 Å². The highest BCUT2D eigenvalue weighted by atomic mass is 32.2. The van der Waals surface area contributed by atoms with Crippen molar-refractivity contribution in [3.8, 4) is 0 Å². The number of rotatable bonds is 10. The molecule has 1 aromatic carbocycles. The third-order valence-corrected chi connectivity index (χ3v) is 9.37. The van der Waals surface area contributed by atoms with E-state index in [9.17, 15) is 18.0 Å². The normalized spacial score (nSPS) is 15.8. The number of thiophene rings is 1. The highest BCUT2D eigenvalue weighted by Gasteiger charge is 2.32. The van der Waals surface area contributed by atoms with Gasteiger partial charge in [-0.2, -0.15) is 4.31 Å². The Kier molecular flexibility index (Phi) is 9.09. The molecule has 0 bridgehead atoms. The largest absolute Gasteiger partial charge is 0.465 e. The molecule has 2 N–H and O–H groups in total. The van der Waals surface area contributed by atoms with E-state index in [1.807, 2.05) is 13.8 Å². The molecule has 0 spiro atoms. The molecule has 0 fully saturated rings. The second kappa shape index (κ2) is 11.6. The average molecular weight is 523 g/mol. The molecule has 1 unspecified atom stereocenters. The number of benzene rings is 1. The number of fused-ring (bicyclic) bond motifs is 1. The molecule has 1 amide bonds. The number of amides is 1. The number of nitrogens with zero attached hydrogens (tertiary/aromatic N) is 1. The van der Waals surface area contributed by atoms with E-state index in [0.717, 1.165) is 42.8 Å². The molecule has 3 rings (SSSR count). The zero-order chi connectivity index (χ0) is 25.8. The maximum Gasteiger partial charge on any atom is 0.341 e. The highest BCUT2D eigenvalue weighted by Crippen LogP contribution is 2.35. The van der Waals surface area contributed by atoms with Crippen LogP contribution >= 0.6 is 11.3 Å². The number of anilines is 1. The van der Waals surface area contributed by atoms with E-state index in [1.54, 1.807) is 0 Å². The second-order valence-corrected chi connectivity index (χ2v) is 12.1. The third-order valence-electron chi connectivity index (χ3n) is 6.31. The quantitative estimate of drug-likeness (QED) is 0.468. The summed E-state index contributed by atoms with van der Waals surface area (Å²) >= 11 is 1.42. The fourth-order valence-corrected chi connectivity index (χ4v) is 7.26. The maximum absolute atomic E-state index is 13.0. The van der Waals surface area contributed by atoms with Gasteiger partial charge in [0.2, 0.25) is 10.0 Å². The molecule has 0 radical (unpaired) electrons. The van der Waals surface area contributed by atoms with Gasteiger partial charge in [0.15, 0.2) is 0 Å². The number of hydrogen-bond donors (Lipinski definition) is 2. The van der Waals surface area contributed by atoms with Gasteiger partial charge in [0.1, 0.15) is 11.5 Å². The second-order valence-electron chi connectivity index (χ2n) is 9.07. The standard InChI is InChI=1S/C25H35N3O5S2/c1-6-13-28(14-7-2)35(31,32)19-10-8-18(9-11-19)23(29)26-24-22(25(30)33-5)20-12-15-27(17(3)4)16-21(20)34-24/h8-11,17H,6-7,12-16H2,1-5H3,(H,26,29)/p+1. The monoisotopic (exact) mass is 522 g/mol. The lowest BCUT2D eigenvalue weighted by Gasteiger charge is -2.27. The summed E-state index contributed by atoms with van der Waals surface area (Å²) in [5.74, 6) is -0.857. The summed E-state index contributed by atoms with van der Waals surface area (Å²) in [5, 5.41) is 3.35. The molecular formula is C25H36N3O5S2+. The fourth-order valence-electron chi connectivity index (χ4n) is 4.35. The smallest absolute Gasteiger partial charge is 0.341 e. The average Bonchev–Trinajstić information content (AvgIpc) is 3.20. The van der Waals surface area contributed by atoms with Crippen molar-refractivity contribution in [1.82, 2.24) is 4.31 Å². The summed E-state index contributed by atoms with van der Waals surface area (Å²) < 4.78 is 32.5. The van der Waals surface area contributed by atoms with Crippen molar-refractivity contribution >= 4 is 38.2 Å². The molecule has 2 heterocycles. The first-order valence-corrected chi connectivity index (χ1v) is 14.4. The molecular weight excluding hydrogens is 486 g/mol. The van der Waals surface area contributed by atoms with Crippen LogP contribution in [0.25, 0.3) is 0 Å². The Morgan fingerprint density at radius 3 is 2.31 bits per heavy atom. The first-order chi connectivity index (χ1) is 16.6. The van der Waals surface area contributed by atoms with Crippen LogP contribution in [0.5, 0.6) is 0 Å². The molecule has 35 heavy (non-hydrogen) atoms. The number of esters is 1. The minimum Gasteiger partial charge on any atom is -0.465 e.